The molecule has 0 fully saturated rings. The van der Waals surface area contributed by atoms with Crippen LogP contribution in [0, 0.1) is 0 Å². The number of methoxy groups -OCH3 is 1. The molecule has 0 aliphatic carbocycles. The van der Waals surface area contributed by atoms with Crippen molar-refractivity contribution in [2.45, 2.75) is 37.6 Å². The Morgan fingerprint density at radius 2 is 1.95 bits per heavy atom. The summed E-state index contributed by atoms with van der Waals surface area (Å²) in [4.78, 5) is 13.9. The first-order chi connectivity index (χ1) is 9.54. The van der Waals surface area contributed by atoms with Crippen molar-refractivity contribution in [3.8, 4) is 5.75 Å². The third-order valence-corrected chi connectivity index (χ3v) is 5.09. The second kappa shape index (κ2) is 6.23. The normalized spacial score (nSPS) is 12.1. The van der Waals surface area contributed by atoms with E-state index in [9.17, 15) is 13.2 Å². The first-order valence-corrected chi connectivity index (χ1v) is 8.76. The van der Waals surface area contributed by atoms with E-state index in [-0.39, 0.29) is 27.7 Å². The van der Waals surface area contributed by atoms with Crippen LogP contribution in [0.5, 0.6) is 5.75 Å². The zero-order chi connectivity index (χ0) is 16.4. The van der Waals surface area contributed by atoms with E-state index < -0.39 is 9.05 Å². The molecule has 1 rings (SSSR count). The number of carbonyl (C=O) groups is 1. The van der Waals surface area contributed by atoms with Gasteiger partial charge in [0, 0.05) is 28.8 Å². The van der Waals surface area contributed by atoms with Gasteiger partial charge in [-0.1, -0.05) is 6.92 Å². The highest BCUT2D eigenvalue weighted by molar-refractivity contribution is 8.13. The van der Waals surface area contributed by atoms with Crippen LogP contribution in [0.4, 0.5) is 0 Å². The molecule has 118 valence electrons. The average Bonchev–Trinajstić information content (AvgIpc) is 2.43. The van der Waals surface area contributed by atoms with Gasteiger partial charge in [0.05, 0.1) is 7.11 Å². The van der Waals surface area contributed by atoms with Crippen molar-refractivity contribution in [3.63, 3.8) is 0 Å². The molecule has 0 radical (unpaired) electrons. The Morgan fingerprint density at radius 3 is 2.38 bits per heavy atom. The molecule has 0 aliphatic heterocycles. The average molecular weight is 334 g/mol. The van der Waals surface area contributed by atoms with Crippen molar-refractivity contribution in [2.24, 2.45) is 0 Å². The summed E-state index contributed by atoms with van der Waals surface area (Å²) < 4.78 is 28.1. The highest BCUT2D eigenvalue weighted by Crippen LogP contribution is 2.29. The molecule has 0 bridgehead atoms. The van der Waals surface area contributed by atoms with Crippen molar-refractivity contribution in [1.82, 2.24) is 4.90 Å². The number of amides is 1. The number of benzene rings is 1. The molecule has 0 unspecified atom stereocenters. The fourth-order valence-corrected chi connectivity index (χ4v) is 2.73. The largest absolute Gasteiger partial charge is 0.495 e. The third-order valence-electron chi connectivity index (χ3n) is 3.75. The van der Waals surface area contributed by atoms with E-state index in [1.807, 2.05) is 20.8 Å². The number of hydrogen-bond donors (Lipinski definition) is 0. The molecule has 0 atom stereocenters. The molecule has 0 aliphatic rings. The molecule has 0 heterocycles. The lowest BCUT2D eigenvalue weighted by molar-refractivity contribution is 0.0620. The molecule has 5 nitrogen and oxygen atoms in total. The van der Waals surface area contributed by atoms with Crippen LogP contribution in [0.25, 0.3) is 0 Å². The Labute approximate surface area is 130 Å². The molecule has 7 heteroatoms. The summed E-state index contributed by atoms with van der Waals surface area (Å²) in [5.41, 5.74) is -0.0872. The first kappa shape index (κ1) is 17.8. The van der Waals surface area contributed by atoms with Gasteiger partial charge < -0.3 is 9.64 Å². The fourth-order valence-electron chi connectivity index (χ4n) is 1.71. The van der Waals surface area contributed by atoms with Crippen LogP contribution >= 0.6 is 10.7 Å². The van der Waals surface area contributed by atoms with E-state index in [1.165, 1.54) is 25.3 Å². The summed E-state index contributed by atoms with van der Waals surface area (Å²) in [6, 6.07) is 4.19. The van der Waals surface area contributed by atoms with Crippen molar-refractivity contribution < 1.29 is 17.9 Å². The lowest BCUT2D eigenvalue weighted by atomic mass is 9.99. The Kier molecular flexibility index (Phi) is 5.28. The van der Waals surface area contributed by atoms with Gasteiger partial charge >= 0.3 is 0 Å². The quantitative estimate of drug-likeness (QED) is 0.777. The third kappa shape index (κ3) is 3.89. The van der Waals surface area contributed by atoms with Gasteiger partial charge in [0.25, 0.3) is 15.0 Å². The maximum Gasteiger partial charge on any atom is 0.265 e. The van der Waals surface area contributed by atoms with Gasteiger partial charge in [0.15, 0.2) is 0 Å². The van der Waals surface area contributed by atoms with E-state index >= 15 is 0 Å². The Balaban J connectivity index is 3.31. The number of carbonyl (C=O) groups excluding carboxylic acids is 1. The number of halogens is 1. The highest BCUT2D eigenvalue weighted by atomic mass is 35.7. The first-order valence-electron chi connectivity index (χ1n) is 6.45. The molecule has 0 aromatic heterocycles. The van der Waals surface area contributed by atoms with Gasteiger partial charge in [-0.2, -0.15) is 0 Å². The predicted molar refractivity (Wildman–Crippen MR) is 82.5 cm³/mol. The summed E-state index contributed by atoms with van der Waals surface area (Å²) in [5, 5.41) is 0. The standard InChI is InChI=1S/C14H20ClNO4S/c1-6-14(2,3)16(4)13(17)10-7-8-11(20-5)12(9-10)21(15,18)19/h7-9H,6H2,1-5H3. The predicted octanol–water partition coefficient (Wildman–Crippen LogP) is 2.88. The highest BCUT2D eigenvalue weighted by Gasteiger charge is 2.28. The Bertz CT molecular complexity index is 640. The minimum Gasteiger partial charge on any atom is -0.495 e. The monoisotopic (exact) mass is 333 g/mol. The molecule has 1 aromatic rings. The van der Waals surface area contributed by atoms with Crippen LogP contribution in [0.3, 0.4) is 0 Å². The number of nitrogens with zero attached hydrogens (tertiary/aromatic N) is 1. The van der Waals surface area contributed by atoms with E-state index in [0.717, 1.165) is 6.42 Å². The van der Waals surface area contributed by atoms with Crippen LogP contribution in [-0.4, -0.2) is 38.9 Å². The zero-order valence-corrected chi connectivity index (χ0v) is 14.4. The molecule has 0 spiro atoms. The zero-order valence-electron chi connectivity index (χ0n) is 12.8. The van der Waals surface area contributed by atoms with Crippen molar-refractivity contribution in [2.75, 3.05) is 14.2 Å². The lowest BCUT2D eigenvalue weighted by Gasteiger charge is -2.35. The second-order valence-corrected chi connectivity index (χ2v) is 7.87. The van der Waals surface area contributed by atoms with Crippen LogP contribution in [0.15, 0.2) is 23.1 Å². The second-order valence-electron chi connectivity index (χ2n) is 5.33. The van der Waals surface area contributed by atoms with Gasteiger partial charge in [-0.3, -0.25) is 4.79 Å². The minimum absolute atomic E-state index is 0.110. The summed E-state index contributed by atoms with van der Waals surface area (Å²) >= 11 is 0. The number of rotatable bonds is 5. The van der Waals surface area contributed by atoms with E-state index in [4.69, 9.17) is 15.4 Å². The Morgan fingerprint density at radius 1 is 1.38 bits per heavy atom. The Hall–Kier alpha value is -1.27. The van der Waals surface area contributed by atoms with Gasteiger partial charge in [-0.25, -0.2) is 8.42 Å². The lowest BCUT2D eigenvalue weighted by Crippen LogP contribution is -2.44. The van der Waals surface area contributed by atoms with Crippen molar-refractivity contribution in [1.29, 1.82) is 0 Å². The van der Waals surface area contributed by atoms with Gasteiger partial charge in [-0.15, -0.1) is 0 Å². The summed E-state index contributed by atoms with van der Waals surface area (Å²) in [6.07, 6.45) is 0.770. The summed E-state index contributed by atoms with van der Waals surface area (Å²) in [7, 11) is 4.42. The molecular formula is C14H20ClNO4S. The fraction of sp³-hybridized carbons (Fsp3) is 0.500. The molecule has 1 amide bonds. The van der Waals surface area contributed by atoms with Crippen LogP contribution in [-0.2, 0) is 9.05 Å². The van der Waals surface area contributed by atoms with Gasteiger partial charge in [0.2, 0.25) is 0 Å². The smallest absolute Gasteiger partial charge is 0.265 e. The molecule has 0 saturated heterocycles. The van der Waals surface area contributed by atoms with Crippen LogP contribution in [0.2, 0.25) is 0 Å². The number of hydrogen-bond acceptors (Lipinski definition) is 4. The maximum atomic E-state index is 12.5. The topological polar surface area (TPSA) is 63.7 Å². The summed E-state index contributed by atoms with van der Waals surface area (Å²) in [5.74, 6) is -0.162. The van der Waals surface area contributed by atoms with Gasteiger partial charge in [-0.05, 0) is 38.5 Å². The number of ether oxygens (including phenoxy) is 1. The van der Waals surface area contributed by atoms with Crippen molar-refractivity contribution in [3.05, 3.63) is 23.8 Å². The van der Waals surface area contributed by atoms with Gasteiger partial charge in [0.1, 0.15) is 10.6 Å². The summed E-state index contributed by atoms with van der Waals surface area (Å²) in [6.45, 7) is 5.85. The van der Waals surface area contributed by atoms with E-state index in [1.54, 1.807) is 11.9 Å². The molecule has 0 saturated carbocycles. The molecule has 21 heavy (non-hydrogen) atoms. The van der Waals surface area contributed by atoms with E-state index in [2.05, 4.69) is 0 Å². The molecule has 1 aromatic carbocycles. The molecule has 0 N–H and O–H groups in total. The SMILES string of the molecule is CCC(C)(C)N(C)C(=O)c1ccc(OC)c(S(=O)(=O)Cl)c1. The van der Waals surface area contributed by atoms with Crippen molar-refractivity contribution >= 4 is 25.6 Å². The van der Waals surface area contributed by atoms with E-state index in [0.29, 0.717) is 0 Å². The molecular weight excluding hydrogens is 314 g/mol. The maximum absolute atomic E-state index is 12.5. The van der Waals surface area contributed by atoms with Crippen LogP contribution < -0.4 is 4.74 Å². The minimum atomic E-state index is -3.99. The van der Waals surface area contributed by atoms with Crippen LogP contribution in [0.1, 0.15) is 37.6 Å².